The van der Waals surface area contributed by atoms with Gasteiger partial charge in [0.15, 0.2) is 6.35 Å². The van der Waals surface area contributed by atoms with E-state index in [-0.39, 0.29) is 28.2 Å². The van der Waals surface area contributed by atoms with E-state index in [1.807, 2.05) is 19.9 Å². The first-order chi connectivity index (χ1) is 11.6. The lowest BCUT2D eigenvalue weighted by Crippen LogP contribution is -1.99. The Bertz CT molecular complexity index is 792. The van der Waals surface area contributed by atoms with E-state index in [9.17, 15) is 14.8 Å². The van der Waals surface area contributed by atoms with Crippen LogP contribution >= 0.6 is 19.2 Å². The highest BCUT2D eigenvalue weighted by Crippen LogP contribution is 2.38. The van der Waals surface area contributed by atoms with Gasteiger partial charge in [0.25, 0.3) is 0 Å². The summed E-state index contributed by atoms with van der Waals surface area (Å²) in [6.07, 6.45) is -0.457. The number of hydrogen-bond acceptors (Lipinski definition) is 4. The van der Waals surface area contributed by atoms with Gasteiger partial charge in [0.2, 0.25) is 0 Å². The van der Waals surface area contributed by atoms with Gasteiger partial charge in [-0.1, -0.05) is 37.6 Å². The first kappa shape index (κ1) is 19.6. The zero-order valence-electron chi connectivity index (χ0n) is 13.8. The summed E-state index contributed by atoms with van der Waals surface area (Å²) < 4.78 is 15.8. The van der Waals surface area contributed by atoms with Crippen molar-refractivity contribution in [3.05, 3.63) is 52.0 Å². The fraction of sp³-hybridized carbons (Fsp3) is 0.294. The van der Waals surface area contributed by atoms with Crippen LogP contribution in [-0.2, 0) is 11.0 Å². The van der Waals surface area contributed by atoms with Crippen molar-refractivity contribution < 1.29 is 29.3 Å². The SMILES string of the molecule is CC(C)c1cc(Cc2c(O)cc(OCP(=O)(O)O)cc2Cl)ccc1O. The molecule has 0 saturated heterocycles. The van der Waals surface area contributed by atoms with Gasteiger partial charge >= 0.3 is 7.60 Å². The van der Waals surface area contributed by atoms with E-state index in [1.54, 1.807) is 12.1 Å². The van der Waals surface area contributed by atoms with Crippen molar-refractivity contribution in [2.75, 3.05) is 6.35 Å². The third-order valence-corrected chi connectivity index (χ3v) is 4.44. The minimum atomic E-state index is -4.32. The molecule has 0 saturated carbocycles. The fourth-order valence-corrected chi connectivity index (χ4v) is 2.98. The molecule has 0 spiro atoms. The molecule has 0 aliphatic carbocycles. The molecular weight excluding hydrogens is 367 g/mol. The van der Waals surface area contributed by atoms with Crippen LogP contribution in [0, 0.1) is 0 Å². The molecule has 0 unspecified atom stereocenters. The minimum absolute atomic E-state index is 0.0724. The lowest BCUT2D eigenvalue weighted by molar-refractivity contribution is 0.299. The van der Waals surface area contributed by atoms with Crippen molar-refractivity contribution in [3.63, 3.8) is 0 Å². The zero-order valence-corrected chi connectivity index (χ0v) is 15.5. The van der Waals surface area contributed by atoms with Gasteiger partial charge in [0, 0.05) is 18.1 Å². The van der Waals surface area contributed by atoms with E-state index in [1.165, 1.54) is 12.1 Å². The lowest BCUT2D eigenvalue weighted by atomic mass is 9.96. The largest absolute Gasteiger partial charge is 0.508 e. The smallest absolute Gasteiger partial charge is 0.362 e. The molecule has 2 rings (SSSR count). The molecule has 0 radical (unpaired) electrons. The summed E-state index contributed by atoms with van der Waals surface area (Å²) in [5, 5.41) is 20.3. The Hall–Kier alpha value is -1.72. The molecule has 2 aromatic rings. The number of halogens is 1. The Balaban J connectivity index is 2.26. The average molecular weight is 387 g/mol. The normalized spacial score (nSPS) is 11.8. The van der Waals surface area contributed by atoms with Gasteiger partial charge < -0.3 is 24.7 Å². The first-order valence-electron chi connectivity index (χ1n) is 7.57. The molecule has 8 heteroatoms. The Kier molecular flexibility index (Phi) is 6.01. The van der Waals surface area contributed by atoms with E-state index >= 15 is 0 Å². The topological polar surface area (TPSA) is 107 Å². The summed E-state index contributed by atoms with van der Waals surface area (Å²) >= 11 is 6.18. The number of aromatic hydroxyl groups is 2. The van der Waals surface area contributed by atoms with Crippen LogP contribution < -0.4 is 4.74 Å². The summed E-state index contributed by atoms with van der Waals surface area (Å²) in [6, 6.07) is 7.87. The second kappa shape index (κ2) is 7.67. The zero-order chi connectivity index (χ0) is 18.8. The predicted octanol–water partition coefficient (Wildman–Crippen LogP) is 3.98. The van der Waals surface area contributed by atoms with Crippen molar-refractivity contribution >= 4 is 19.2 Å². The molecule has 0 aliphatic rings. The fourth-order valence-electron chi connectivity index (χ4n) is 2.40. The highest BCUT2D eigenvalue weighted by Gasteiger charge is 2.17. The number of phenolic OH excluding ortho intramolecular Hbond substituents is 2. The molecule has 0 amide bonds. The maximum absolute atomic E-state index is 10.9. The number of benzene rings is 2. The van der Waals surface area contributed by atoms with E-state index in [0.29, 0.717) is 12.0 Å². The molecule has 0 aliphatic heterocycles. The standard InChI is InChI=1S/C17H20ClO6P/c1-10(2)13-5-11(3-4-16(13)19)6-14-15(18)7-12(8-17(14)20)24-9-25(21,22)23/h3-5,7-8,10,19-20H,6,9H2,1-2H3,(H2,21,22,23). The van der Waals surface area contributed by atoms with E-state index < -0.39 is 13.9 Å². The van der Waals surface area contributed by atoms with Crippen molar-refractivity contribution in [1.29, 1.82) is 0 Å². The number of phenols is 2. The molecule has 0 fully saturated rings. The lowest BCUT2D eigenvalue weighted by Gasteiger charge is -2.14. The summed E-state index contributed by atoms with van der Waals surface area (Å²) in [5.74, 6) is 0.304. The Morgan fingerprint density at radius 1 is 1.12 bits per heavy atom. The van der Waals surface area contributed by atoms with Gasteiger partial charge in [-0.2, -0.15) is 0 Å². The van der Waals surface area contributed by atoms with E-state index in [4.69, 9.17) is 26.1 Å². The van der Waals surface area contributed by atoms with Gasteiger partial charge in [0.05, 0.1) is 5.02 Å². The molecule has 136 valence electrons. The third kappa shape index (κ3) is 5.38. The summed E-state index contributed by atoms with van der Waals surface area (Å²) in [5.41, 5.74) is 2.13. The molecular formula is C17H20ClO6P. The molecule has 0 bridgehead atoms. The van der Waals surface area contributed by atoms with E-state index in [2.05, 4.69) is 0 Å². The van der Waals surface area contributed by atoms with Crippen LogP contribution in [0.5, 0.6) is 17.2 Å². The number of ether oxygens (including phenoxy) is 1. The second-order valence-electron chi connectivity index (χ2n) is 6.07. The quantitative estimate of drug-likeness (QED) is 0.559. The summed E-state index contributed by atoms with van der Waals surface area (Å²) in [6.45, 7) is 3.94. The van der Waals surface area contributed by atoms with Crippen LogP contribution in [0.2, 0.25) is 5.02 Å². The van der Waals surface area contributed by atoms with Crippen LogP contribution in [0.4, 0.5) is 0 Å². The minimum Gasteiger partial charge on any atom is -0.508 e. The molecule has 2 aromatic carbocycles. The third-order valence-electron chi connectivity index (χ3n) is 3.64. The molecule has 0 atom stereocenters. The van der Waals surface area contributed by atoms with Crippen LogP contribution in [-0.4, -0.2) is 26.3 Å². The average Bonchev–Trinajstić information content (AvgIpc) is 2.49. The highest BCUT2D eigenvalue weighted by molar-refractivity contribution is 7.51. The van der Waals surface area contributed by atoms with Crippen LogP contribution in [0.25, 0.3) is 0 Å². The summed E-state index contributed by atoms with van der Waals surface area (Å²) in [7, 11) is -4.32. The maximum Gasteiger partial charge on any atom is 0.362 e. The van der Waals surface area contributed by atoms with Crippen molar-refractivity contribution in [1.82, 2.24) is 0 Å². The maximum atomic E-state index is 10.9. The van der Waals surface area contributed by atoms with Crippen molar-refractivity contribution in [2.45, 2.75) is 26.2 Å². The second-order valence-corrected chi connectivity index (χ2v) is 8.06. The summed E-state index contributed by atoms with van der Waals surface area (Å²) in [4.78, 5) is 17.7. The predicted molar refractivity (Wildman–Crippen MR) is 95.7 cm³/mol. The van der Waals surface area contributed by atoms with Crippen LogP contribution in [0.15, 0.2) is 30.3 Å². The van der Waals surface area contributed by atoms with Gasteiger partial charge in [0.1, 0.15) is 17.2 Å². The number of rotatable bonds is 6. The van der Waals surface area contributed by atoms with Gasteiger partial charge in [-0.05, 0) is 29.2 Å². The molecule has 6 nitrogen and oxygen atoms in total. The highest BCUT2D eigenvalue weighted by atomic mass is 35.5. The van der Waals surface area contributed by atoms with Gasteiger partial charge in [-0.25, -0.2) is 0 Å². The van der Waals surface area contributed by atoms with Crippen molar-refractivity contribution in [2.24, 2.45) is 0 Å². The molecule has 0 aromatic heterocycles. The Morgan fingerprint density at radius 3 is 2.36 bits per heavy atom. The van der Waals surface area contributed by atoms with Gasteiger partial charge in [-0.3, -0.25) is 4.57 Å². The molecule has 25 heavy (non-hydrogen) atoms. The molecule has 0 heterocycles. The monoisotopic (exact) mass is 386 g/mol. The number of hydrogen-bond donors (Lipinski definition) is 4. The van der Waals surface area contributed by atoms with Crippen LogP contribution in [0.1, 0.15) is 36.5 Å². The Labute approximate surface area is 150 Å². The first-order valence-corrected chi connectivity index (χ1v) is 9.75. The molecule has 4 N–H and O–H groups in total. The van der Waals surface area contributed by atoms with Gasteiger partial charge in [-0.15, -0.1) is 0 Å². The Morgan fingerprint density at radius 2 is 1.80 bits per heavy atom. The van der Waals surface area contributed by atoms with Crippen molar-refractivity contribution in [3.8, 4) is 17.2 Å². The van der Waals surface area contributed by atoms with Crippen LogP contribution in [0.3, 0.4) is 0 Å². The van der Waals surface area contributed by atoms with E-state index in [0.717, 1.165) is 11.1 Å².